The number of hydrogen-bond donors (Lipinski definition) is 1. The Morgan fingerprint density at radius 3 is 3.14 bits per heavy atom. The molecule has 1 N–H and O–H groups in total. The normalized spacial score (nSPS) is 14.6. The van der Waals surface area contributed by atoms with E-state index >= 15 is 0 Å². The Morgan fingerprint density at radius 1 is 1.33 bits per heavy atom. The number of fused-ring (bicyclic) bond motifs is 1. The van der Waals surface area contributed by atoms with E-state index in [1.54, 1.807) is 0 Å². The summed E-state index contributed by atoms with van der Waals surface area (Å²) in [6.45, 7) is 3.77. The van der Waals surface area contributed by atoms with Crippen molar-refractivity contribution in [3.05, 3.63) is 53.3 Å². The van der Waals surface area contributed by atoms with Gasteiger partial charge in [0.15, 0.2) is 0 Å². The van der Waals surface area contributed by atoms with Crippen LogP contribution in [0.2, 0.25) is 0 Å². The average Bonchev–Trinajstić information content (AvgIpc) is 2.95. The maximum Gasteiger partial charge on any atom is 0.0679 e. The van der Waals surface area contributed by atoms with Gasteiger partial charge in [0.25, 0.3) is 0 Å². The minimum atomic E-state index is 0.781. The third-order valence-corrected chi connectivity index (χ3v) is 4.02. The SMILES string of the molecule is Cc1cc2cn[nH]c2cc1CCCOCC1=CC=CCC1. The maximum absolute atomic E-state index is 5.78. The van der Waals surface area contributed by atoms with Crippen LogP contribution in [0.3, 0.4) is 0 Å². The first-order valence-electron chi connectivity index (χ1n) is 7.68. The van der Waals surface area contributed by atoms with E-state index in [1.165, 1.54) is 22.1 Å². The van der Waals surface area contributed by atoms with Crippen LogP contribution in [0, 0.1) is 6.92 Å². The van der Waals surface area contributed by atoms with Gasteiger partial charge in [0.2, 0.25) is 0 Å². The molecule has 1 aromatic carbocycles. The lowest BCUT2D eigenvalue weighted by Crippen LogP contribution is -2.03. The Labute approximate surface area is 125 Å². The third-order valence-electron chi connectivity index (χ3n) is 4.02. The van der Waals surface area contributed by atoms with Crippen molar-refractivity contribution >= 4 is 10.9 Å². The van der Waals surface area contributed by atoms with Crippen LogP contribution in [0.1, 0.15) is 30.4 Å². The van der Waals surface area contributed by atoms with E-state index in [9.17, 15) is 0 Å². The number of H-pyrrole nitrogens is 1. The molecule has 0 fully saturated rings. The van der Waals surface area contributed by atoms with Gasteiger partial charge < -0.3 is 4.74 Å². The molecule has 2 aromatic rings. The predicted octanol–water partition coefficient (Wildman–Crippen LogP) is 4.10. The van der Waals surface area contributed by atoms with Gasteiger partial charge in [0, 0.05) is 12.0 Å². The fourth-order valence-electron chi connectivity index (χ4n) is 2.76. The number of ether oxygens (including phenoxy) is 1. The molecule has 0 atom stereocenters. The zero-order valence-electron chi connectivity index (χ0n) is 12.6. The van der Waals surface area contributed by atoms with E-state index in [4.69, 9.17) is 4.74 Å². The topological polar surface area (TPSA) is 37.9 Å². The molecule has 21 heavy (non-hydrogen) atoms. The number of rotatable bonds is 6. The summed E-state index contributed by atoms with van der Waals surface area (Å²) < 4.78 is 5.78. The highest BCUT2D eigenvalue weighted by Gasteiger charge is 2.04. The number of aryl methyl sites for hydroxylation is 2. The van der Waals surface area contributed by atoms with Gasteiger partial charge in [0.05, 0.1) is 18.3 Å². The molecule has 1 heterocycles. The standard InChI is InChI=1S/C18H22N2O/c1-14-10-17-12-19-20-18(17)11-16(14)8-5-9-21-13-15-6-3-2-4-7-15/h2-3,6,10-12H,4-5,7-9,13H2,1H3,(H,19,20). The highest BCUT2D eigenvalue weighted by atomic mass is 16.5. The average molecular weight is 282 g/mol. The molecule has 0 radical (unpaired) electrons. The predicted molar refractivity (Wildman–Crippen MR) is 86.4 cm³/mol. The second-order valence-electron chi connectivity index (χ2n) is 5.68. The second-order valence-corrected chi connectivity index (χ2v) is 5.68. The first kappa shape index (κ1) is 14.1. The van der Waals surface area contributed by atoms with Crippen molar-refractivity contribution in [1.82, 2.24) is 10.2 Å². The van der Waals surface area contributed by atoms with Gasteiger partial charge in [-0.1, -0.05) is 18.2 Å². The molecule has 3 heteroatoms. The molecule has 0 spiro atoms. The van der Waals surface area contributed by atoms with Gasteiger partial charge in [-0.05, 0) is 61.4 Å². The molecule has 110 valence electrons. The quantitative estimate of drug-likeness (QED) is 0.810. The zero-order chi connectivity index (χ0) is 14.5. The Bertz CT molecular complexity index is 667. The molecule has 3 rings (SSSR count). The van der Waals surface area contributed by atoms with Crippen LogP contribution >= 0.6 is 0 Å². The highest BCUT2D eigenvalue weighted by Crippen LogP contribution is 2.19. The van der Waals surface area contributed by atoms with E-state index in [2.05, 4.69) is 47.5 Å². The summed E-state index contributed by atoms with van der Waals surface area (Å²) in [5.74, 6) is 0. The van der Waals surface area contributed by atoms with Crippen molar-refractivity contribution in [2.24, 2.45) is 0 Å². The Kier molecular flexibility index (Phi) is 4.51. The molecule has 0 aliphatic heterocycles. The van der Waals surface area contributed by atoms with Crippen molar-refractivity contribution in [2.75, 3.05) is 13.2 Å². The van der Waals surface area contributed by atoms with Crippen LogP contribution in [0.4, 0.5) is 0 Å². The maximum atomic E-state index is 5.78. The molecular formula is C18H22N2O. The van der Waals surface area contributed by atoms with E-state index in [-0.39, 0.29) is 0 Å². The number of nitrogens with zero attached hydrogens (tertiary/aromatic N) is 1. The molecular weight excluding hydrogens is 260 g/mol. The van der Waals surface area contributed by atoms with Crippen LogP contribution in [-0.4, -0.2) is 23.4 Å². The number of hydrogen-bond acceptors (Lipinski definition) is 2. The summed E-state index contributed by atoms with van der Waals surface area (Å²) in [5.41, 5.74) is 5.25. The number of aromatic amines is 1. The van der Waals surface area contributed by atoms with Crippen molar-refractivity contribution in [3.8, 4) is 0 Å². The summed E-state index contributed by atoms with van der Waals surface area (Å²) in [6.07, 6.45) is 12.8. The van der Waals surface area contributed by atoms with Crippen molar-refractivity contribution in [1.29, 1.82) is 0 Å². The minimum Gasteiger partial charge on any atom is -0.377 e. The molecule has 0 saturated heterocycles. The molecule has 0 amide bonds. The molecule has 0 bridgehead atoms. The highest BCUT2D eigenvalue weighted by molar-refractivity contribution is 5.79. The van der Waals surface area contributed by atoms with Gasteiger partial charge >= 0.3 is 0 Å². The fraction of sp³-hybridized carbons (Fsp3) is 0.389. The summed E-state index contributed by atoms with van der Waals surface area (Å²) >= 11 is 0. The van der Waals surface area contributed by atoms with Gasteiger partial charge in [-0.2, -0.15) is 5.10 Å². The molecule has 0 saturated carbocycles. The van der Waals surface area contributed by atoms with E-state index < -0.39 is 0 Å². The van der Waals surface area contributed by atoms with E-state index in [0.29, 0.717) is 0 Å². The van der Waals surface area contributed by atoms with Gasteiger partial charge in [-0.25, -0.2) is 0 Å². The van der Waals surface area contributed by atoms with Crippen LogP contribution in [0.25, 0.3) is 10.9 Å². The van der Waals surface area contributed by atoms with Crippen molar-refractivity contribution in [3.63, 3.8) is 0 Å². The van der Waals surface area contributed by atoms with Crippen LogP contribution < -0.4 is 0 Å². The Hall–Kier alpha value is -1.87. The molecule has 1 aliphatic rings. The Balaban J connectivity index is 1.46. The minimum absolute atomic E-state index is 0.781. The van der Waals surface area contributed by atoms with Gasteiger partial charge in [-0.3, -0.25) is 5.10 Å². The first-order chi connectivity index (χ1) is 10.3. The van der Waals surface area contributed by atoms with Crippen molar-refractivity contribution < 1.29 is 4.74 Å². The number of allylic oxidation sites excluding steroid dienone is 3. The second kappa shape index (κ2) is 6.72. The molecule has 0 unspecified atom stereocenters. The first-order valence-corrected chi connectivity index (χ1v) is 7.68. The fourth-order valence-corrected chi connectivity index (χ4v) is 2.76. The number of nitrogens with one attached hydrogen (secondary N) is 1. The number of aromatic nitrogens is 2. The Morgan fingerprint density at radius 2 is 2.29 bits per heavy atom. The lowest BCUT2D eigenvalue weighted by Gasteiger charge is -2.10. The van der Waals surface area contributed by atoms with E-state index in [1.807, 2.05) is 6.20 Å². The molecule has 1 aromatic heterocycles. The van der Waals surface area contributed by atoms with Gasteiger partial charge in [-0.15, -0.1) is 0 Å². The van der Waals surface area contributed by atoms with Gasteiger partial charge in [0.1, 0.15) is 0 Å². The summed E-state index contributed by atoms with van der Waals surface area (Å²) in [7, 11) is 0. The van der Waals surface area contributed by atoms with Crippen LogP contribution in [0.5, 0.6) is 0 Å². The van der Waals surface area contributed by atoms with Crippen LogP contribution in [-0.2, 0) is 11.2 Å². The zero-order valence-corrected chi connectivity index (χ0v) is 12.6. The molecule has 1 aliphatic carbocycles. The largest absolute Gasteiger partial charge is 0.377 e. The van der Waals surface area contributed by atoms with E-state index in [0.717, 1.165) is 44.4 Å². The summed E-state index contributed by atoms with van der Waals surface area (Å²) in [4.78, 5) is 0. The monoisotopic (exact) mass is 282 g/mol. The smallest absolute Gasteiger partial charge is 0.0679 e. The molecule has 3 nitrogen and oxygen atoms in total. The number of benzene rings is 1. The lowest BCUT2D eigenvalue weighted by molar-refractivity contribution is 0.151. The van der Waals surface area contributed by atoms with Crippen LogP contribution in [0.15, 0.2) is 42.1 Å². The van der Waals surface area contributed by atoms with Crippen molar-refractivity contribution in [2.45, 2.75) is 32.6 Å². The third kappa shape index (κ3) is 3.61. The summed E-state index contributed by atoms with van der Waals surface area (Å²) in [6, 6.07) is 4.42. The lowest BCUT2D eigenvalue weighted by atomic mass is 10.0. The summed E-state index contributed by atoms with van der Waals surface area (Å²) in [5, 5.41) is 8.31.